The molecule has 0 aromatic rings. The van der Waals surface area contributed by atoms with Crippen molar-refractivity contribution in [2.45, 2.75) is 51.0 Å². The highest BCUT2D eigenvalue weighted by molar-refractivity contribution is 5.85. The fourth-order valence-electron chi connectivity index (χ4n) is 2.85. The van der Waals surface area contributed by atoms with Gasteiger partial charge in [0.25, 0.3) is 0 Å². The van der Waals surface area contributed by atoms with Crippen molar-refractivity contribution in [2.24, 2.45) is 0 Å². The van der Waals surface area contributed by atoms with Crippen molar-refractivity contribution in [2.75, 3.05) is 26.2 Å². The zero-order valence-electron chi connectivity index (χ0n) is 10.1. The van der Waals surface area contributed by atoms with E-state index in [9.17, 15) is 0 Å². The molecule has 2 nitrogen and oxygen atoms in total. The first-order valence-electron chi connectivity index (χ1n) is 6.41. The monoisotopic (exact) mass is 268 g/mol. The van der Waals surface area contributed by atoms with E-state index in [0.29, 0.717) is 0 Å². The van der Waals surface area contributed by atoms with Crippen molar-refractivity contribution in [3.63, 3.8) is 0 Å². The van der Waals surface area contributed by atoms with E-state index >= 15 is 0 Å². The second-order valence-corrected chi connectivity index (χ2v) is 4.78. The summed E-state index contributed by atoms with van der Waals surface area (Å²) in [5.41, 5.74) is 0. The average molecular weight is 269 g/mol. The zero-order chi connectivity index (χ0) is 9.64. The molecule has 0 amide bonds. The van der Waals surface area contributed by atoms with Gasteiger partial charge in [0, 0.05) is 32.2 Å². The fraction of sp³-hybridized carbons (Fsp3) is 1.00. The Bertz CT molecular complexity index is 153. The molecule has 1 aliphatic carbocycles. The lowest BCUT2D eigenvalue weighted by Gasteiger charge is -2.35. The highest BCUT2D eigenvalue weighted by atomic mass is 35.5. The number of piperazine rings is 1. The SMILES string of the molecule is C1CCCC(N2CCNCC2)CCC1.Cl.Cl. The fourth-order valence-corrected chi connectivity index (χ4v) is 2.85. The smallest absolute Gasteiger partial charge is 0.0110 e. The molecule has 1 aliphatic heterocycles. The molecule has 0 aromatic heterocycles. The van der Waals surface area contributed by atoms with Crippen LogP contribution in [0.25, 0.3) is 0 Å². The van der Waals surface area contributed by atoms with Gasteiger partial charge in [-0.3, -0.25) is 4.90 Å². The molecule has 0 unspecified atom stereocenters. The molecule has 0 spiro atoms. The van der Waals surface area contributed by atoms with E-state index in [1.54, 1.807) is 0 Å². The molecule has 1 saturated heterocycles. The highest BCUT2D eigenvalue weighted by Gasteiger charge is 2.20. The molecule has 1 saturated carbocycles. The molecule has 2 rings (SSSR count). The largest absolute Gasteiger partial charge is 0.314 e. The number of hydrogen-bond donors (Lipinski definition) is 1. The Kier molecular flexibility index (Phi) is 9.82. The van der Waals surface area contributed by atoms with Crippen LogP contribution in [-0.4, -0.2) is 37.1 Å². The molecule has 1 heterocycles. The number of nitrogens with one attached hydrogen (secondary N) is 1. The van der Waals surface area contributed by atoms with Crippen molar-refractivity contribution in [3.8, 4) is 0 Å². The minimum absolute atomic E-state index is 0. The Hall–Kier alpha value is 0.500. The van der Waals surface area contributed by atoms with E-state index in [0.717, 1.165) is 6.04 Å². The maximum Gasteiger partial charge on any atom is 0.0110 e. The topological polar surface area (TPSA) is 15.3 Å². The van der Waals surface area contributed by atoms with Crippen LogP contribution in [0.1, 0.15) is 44.9 Å². The summed E-state index contributed by atoms with van der Waals surface area (Å²) >= 11 is 0. The van der Waals surface area contributed by atoms with Crippen molar-refractivity contribution in [3.05, 3.63) is 0 Å². The van der Waals surface area contributed by atoms with Crippen LogP contribution in [0.15, 0.2) is 0 Å². The van der Waals surface area contributed by atoms with E-state index in [2.05, 4.69) is 10.2 Å². The summed E-state index contributed by atoms with van der Waals surface area (Å²) in [6.45, 7) is 4.97. The van der Waals surface area contributed by atoms with Crippen LogP contribution >= 0.6 is 24.8 Å². The van der Waals surface area contributed by atoms with Crippen molar-refractivity contribution in [1.82, 2.24) is 10.2 Å². The van der Waals surface area contributed by atoms with Crippen LogP contribution in [0.4, 0.5) is 0 Å². The lowest BCUT2D eigenvalue weighted by atomic mass is 9.95. The van der Waals surface area contributed by atoms with E-state index in [4.69, 9.17) is 0 Å². The summed E-state index contributed by atoms with van der Waals surface area (Å²) in [5, 5.41) is 3.44. The van der Waals surface area contributed by atoms with Gasteiger partial charge in [0.1, 0.15) is 0 Å². The van der Waals surface area contributed by atoms with Crippen LogP contribution in [0.3, 0.4) is 0 Å². The molecule has 2 aliphatic rings. The van der Waals surface area contributed by atoms with Crippen LogP contribution in [0.5, 0.6) is 0 Å². The first kappa shape index (κ1) is 16.5. The van der Waals surface area contributed by atoms with E-state index in [1.165, 1.54) is 71.1 Å². The molecular weight excluding hydrogens is 243 g/mol. The summed E-state index contributed by atoms with van der Waals surface area (Å²) in [5.74, 6) is 0. The van der Waals surface area contributed by atoms with Crippen molar-refractivity contribution in [1.29, 1.82) is 0 Å². The second kappa shape index (κ2) is 9.52. The lowest BCUT2D eigenvalue weighted by Crippen LogP contribution is -2.48. The Morgan fingerprint density at radius 1 is 0.750 bits per heavy atom. The Balaban J connectivity index is 0.00000112. The van der Waals surface area contributed by atoms with Gasteiger partial charge in [-0.25, -0.2) is 0 Å². The minimum Gasteiger partial charge on any atom is -0.314 e. The van der Waals surface area contributed by atoms with E-state index in [1.807, 2.05) is 0 Å². The van der Waals surface area contributed by atoms with Gasteiger partial charge >= 0.3 is 0 Å². The third-order valence-corrected chi connectivity index (χ3v) is 3.74. The van der Waals surface area contributed by atoms with E-state index in [-0.39, 0.29) is 24.8 Å². The number of hydrogen-bond acceptors (Lipinski definition) is 2. The molecule has 0 atom stereocenters. The summed E-state index contributed by atoms with van der Waals surface area (Å²) in [7, 11) is 0. The number of nitrogens with zero attached hydrogens (tertiary/aromatic N) is 1. The van der Waals surface area contributed by atoms with Gasteiger partial charge in [0.05, 0.1) is 0 Å². The van der Waals surface area contributed by atoms with Crippen LogP contribution in [0.2, 0.25) is 0 Å². The number of halogens is 2. The summed E-state index contributed by atoms with van der Waals surface area (Å²) < 4.78 is 0. The van der Waals surface area contributed by atoms with Gasteiger partial charge in [-0.05, 0) is 12.8 Å². The maximum absolute atomic E-state index is 3.44. The Morgan fingerprint density at radius 2 is 1.25 bits per heavy atom. The lowest BCUT2D eigenvalue weighted by molar-refractivity contribution is 0.147. The third kappa shape index (κ3) is 5.22. The molecule has 1 N–H and O–H groups in total. The van der Waals surface area contributed by atoms with Crippen molar-refractivity contribution < 1.29 is 0 Å². The molecule has 98 valence electrons. The van der Waals surface area contributed by atoms with Gasteiger partial charge in [0.15, 0.2) is 0 Å². The Morgan fingerprint density at radius 3 is 1.81 bits per heavy atom. The van der Waals surface area contributed by atoms with Gasteiger partial charge < -0.3 is 5.32 Å². The number of rotatable bonds is 1. The van der Waals surface area contributed by atoms with E-state index < -0.39 is 0 Å². The quantitative estimate of drug-likeness (QED) is 0.787. The van der Waals surface area contributed by atoms with Crippen LogP contribution in [0, 0.1) is 0 Å². The molecule has 0 radical (unpaired) electrons. The molecule has 0 aromatic carbocycles. The first-order valence-corrected chi connectivity index (χ1v) is 6.41. The molecule has 16 heavy (non-hydrogen) atoms. The normalized spacial score (nSPS) is 24.8. The minimum atomic E-state index is 0. The third-order valence-electron chi connectivity index (χ3n) is 3.74. The van der Waals surface area contributed by atoms with Gasteiger partial charge in [-0.1, -0.05) is 32.1 Å². The second-order valence-electron chi connectivity index (χ2n) is 4.78. The first-order chi connectivity index (χ1) is 6.97. The summed E-state index contributed by atoms with van der Waals surface area (Å²) in [6.07, 6.45) is 10.3. The van der Waals surface area contributed by atoms with Gasteiger partial charge in [0.2, 0.25) is 0 Å². The van der Waals surface area contributed by atoms with Gasteiger partial charge in [-0.2, -0.15) is 0 Å². The molecule has 4 heteroatoms. The van der Waals surface area contributed by atoms with Crippen molar-refractivity contribution >= 4 is 24.8 Å². The zero-order valence-corrected chi connectivity index (χ0v) is 11.8. The molecular formula is C12H26Cl2N2. The van der Waals surface area contributed by atoms with Gasteiger partial charge in [-0.15, -0.1) is 24.8 Å². The van der Waals surface area contributed by atoms with Crippen LogP contribution in [-0.2, 0) is 0 Å². The van der Waals surface area contributed by atoms with Crippen LogP contribution < -0.4 is 5.32 Å². The highest BCUT2D eigenvalue weighted by Crippen LogP contribution is 2.21. The maximum atomic E-state index is 3.44. The summed E-state index contributed by atoms with van der Waals surface area (Å²) in [4.78, 5) is 2.72. The molecule has 0 bridgehead atoms. The predicted octanol–water partition coefficient (Wildman–Crippen LogP) is 2.85. The average Bonchev–Trinajstić information content (AvgIpc) is 2.18. The predicted molar refractivity (Wildman–Crippen MR) is 75.0 cm³/mol. The standard InChI is InChI=1S/C12H24N2.2ClH/c1-2-4-6-12(7-5-3-1)14-10-8-13-9-11-14;;/h12-13H,1-11H2;2*1H. The Labute approximate surface area is 112 Å². The molecule has 2 fully saturated rings. The summed E-state index contributed by atoms with van der Waals surface area (Å²) in [6, 6.07) is 0.914.